The van der Waals surface area contributed by atoms with Gasteiger partial charge in [-0.15, -0.1) is 0 Å². The first-order chi connectivity index (χ1) is 13.7. The molecule has 3 rings (SSSR count). The average molecular weight is 384 g/mol. The third-order valence-electron chi connectivity index (χ3n) is 5.46. The second kappa shape index (κ2) is 9.74. The Morgan fingerprint density at radius 2 is 1.82 bits per heavy atom. The number of methoxy groups -OCH3 is 2. The van der Waals surface area contributed by atoms with E-state index in [1.807, 2.05) is 12.1 Å². The van der Waals surface area contributed by atoms with E-state index in [2.05, 4.69) is 12.1 Å². The van der Waals surface area contributed by atoms with Crippen LogP contribution < -0.4 is 9.47 Å². The monoisotopic (exact) mass is 384 g/mol. The van der Waals surface area contributed by atoms with Gasteiger partial charge in [0, 0.05) is 6.61 Å². The molecule has 0 saturated carbocycles. The summed E-state index contributed by atoms with van der Waals surface area (Å²) in [7, 11) is 3.18. The predicted molar refractivity (Wildman–Crippen MR) is 111 cm³/mol. The molecule has 0 fully saturated rings. The molecule has 0 bridgehead atoms. The van der Waals surface area contributed by atoms with E-state index in [1.54, 1.807) is 19.2 Å². The number of rotatable bonds is 8. The third-order valence-corrected chi connectivity index (χ3v) is 5.46. The minimum absolute atomic E-state index is 0.226. The minimum Gasteiger partial charge on any atom is -0.497 e. The highest BCUT2D eigenvalue weighted by atomic mass is 19.1. The third kappa shape index (κ3) is 4.56. The Hall–Kier alpha value is -2.33. The van der Waals surface area contributed by atoms with Crippen molar-refractivity contribution < 1.29 is 19.0 Å². The van der Waals surface area contributed by atoms with Gasteiger partial charge >= 0.3 is 0 Å². The van der Waals surface area contributed by atoms with Crippen molar-refractivity contribution in [1.29, 1.82) is 0 Å². The van der Waals surface area contributed by atoms with Crippen LogP contribution in [0.1, 0.15) is 55.2 Å². The number of benzene rings is 2. The van der Waals surface area contributed by atoms with Crippen molar-refractivity contribution in [1.82, 2.24) is 0 Å². The van der Waals surface area contributed by atoms with Crippen molar-refractivity contribution in [3.63, 3.8) is 0 Å². The molecule has 1 aliphatic carbocycles. The molecule has 1 aliphatic rings. The van der Waals surface area contributed by atoms with Gasteiger partial charge in [-0.2, -0.15) is 0 Å². The quantitative estimate of drug-likeness (QED) is 0.598. The second-order valence-electron chi connectivity index (χ2n) is 7.22. The first-order valence-corrected chi connectivity index (χ1v) is 10.0. The molecule has 0 saturated heterocycles. The molecule has 3 nitrogen and oxygen atoms in total. The largest absolute Gasteiger partial charge is 0.497 e. The fourth-order valence-corrected chi connectivity index (χ4v) is 4.02. The van der Waals surface area contributed by atoms with E-state index in [0.29, 0.717) is 0 Å². The van der Waals surface area contributed by atoms with Gasteiger partial charge in [-0.1, -0.05) is 18.6 Å². The lowest BCUT2D eigenvalue weighted by atomic mass is 9.89. The summed E-state index contributed by atoms with van der Waals surface area (Å²) in [6, 6.07) is 11.5. The molecular weight excluding hydrogens is 355 g/mol. The Morgan fingerprint density at radius 3 is 2.54 bits per heavy atom. The molecule has 1 N–H and O–H groups in total. The second-order valence-corrected chi connectivity index (χ2v) is 7.22. The Balaban J connectivity index is 2.06. The van der Waals surface area contributed by atoms with E-state index >= 15 is 0 Å². The first kappa shape index (κ1) is 20.4. The summed E-state index contributed by atoms with van der Waals surface area (Å²) in [6.45, 7) is 0.226. The van der Waals surface area contributed by atoms with Crippen LogP contribution in [0, 0.1) is 5.82 Å². The normalized spacial score (nSPS) is 13.9. The van der Waals surface area contributed by atoms with Crippen molar-refractivity contribution in [3.8, 4) is 11.5 Å². The summed E-state index contributed by atoms with van der Waals surface area (Å²) < 4.78 is 24.9. The van der Waals surface area contributed by atoms with Crippen molar-refractivity contribution in [2.24, 2.45) is 0 Å². The molecule has 4 heteroatoms. The number of aliphatic hydroxyl groups excluding tert-OH is 1. The molecular formula is C24H29FO3. The smallest absolute Gasteiger partial charge is 0.165 e. The fourth-order valence-electron chi connectivity index (χ4n) is 4.02. The van der Waals surface area contributed by atoms with Crippen molar-refractivity contribution in [3.05, 3.63) is 58.9 Å². The molecule has 0 spiro atoms. The van der Waals surface area contributed by atoms with E-state index in [4.69, 9.17) is 14.6 Å². The maximum absolute atomic E-state index is 14.4. The molecule has 0 heterocycles. The molecule has 2 aromatic rings. The number of ether oxygens (including phenoxy) is 2. The summed E-state index contributed by atoms with van der Waals surface area (Å²) in [6.07, 6.45) is 6.63. The Labute approximate surface area is 166 Å². The van der Waals surface area contributed by atoms with E-state index in [0.717, 1.165) is 56.3 Å². The van der Waals surface area contributed by atoms with Crippen LogP contribution in [-0.2, 0) is 6.42 Å². The van der Waals surface area contributed by atoms with Crippen molar-refractivity contribution >= 4 is 11.1 Å². The van der Waals surface area contributed by atoms with Crippen molar-refractivity contribution in [2.75, 3.05) is 20.8 Å². The van der Waals surface area contributed by atoms with E-state index in [9.17, 15) is 4.39 Å². The van der Waals surface area contributed by atoms with Gasteiger partial charge < -0.3 is 14.6 Å². The topological polar surface area (TPSA) is 38.7 Å². The van der Waals surface area contributed by atoms with Gasteiger partial charge in [-0.25, -0.2) is 4.39 Å². The number of hydrogen-bond donors (Lipinski definition) is 1. The zero-order valence-corrected chi connectivity index (χ0v) is 16.8. The van der Waals surface area contributed by atoms with Crippen LogP contribution >= 0.6 is 0 Å². The van der Waals surface area contributed by atoms with Gasteiger partial charge in [0.25, 0.3) is 0 Å². The average Bonchev–Trinajstić information content (AvgIpc) is 2.90. The van der Waals surface area contributed by atoms with E-state index in [1.165, 1.54) is 29.4 Å². The van der Waals surface area contributed by atoms with Crippen LogP contribution in [0.5, 0.6) is 11.5 Å². The summed E-state index contributed by atoms with van der Waals surface area (Å²) in [5, 5.41) is 9.09. The molecule has 150 valence electrons. The van der Waals surface area contributed by atoms with Gasteiger partial charge in [0.05, 0.1) is 14.2 Å². The summed E-state index contributed by atoms with van der Waals surface area (Å²) >= 11 is 0. The lowest BCUT2D eigenvalue weighted by Crippen LogP contribution is -1.97. The molecule has 0 atom stereocenters. The molecule has 0 unspecified atom stereocenters. The molecule has 28 heavy (non-hydrogen) atoms. The van der Waals surface area contributed by atoms with Crippen LogP contribution in [0.2, 0.25) is 0 Å². The fraction of sp³-hybridized carbons (Fsp3) is 0.417. The predicted octanol–water partition coefficient (Wildman–Crippen LogP) is 5.64. The Morgan fingerprint density at radius 1 is 0.964 bits per heavy atom. The highest BCUT2D eigenvalue weighted by Gasteiger charge is 2.20. The first-order valence-electron chi connectivity index (χ1n) is 10.0. The number of aryl methyl sites for hydroxylation is 1. The minimum atomic E-state index is -0.327. The molecule has 0 radical (unpaired) electrons. The number of allylic oxidation sites excluding steroid dienone is 2. The van der Waals surface area contributed by atoms with Gasteiger partial charge in [-0.05, 0) is 90.6 Å². The highest BCUT2D eigenvalue weighted by molar-refractivity contribution is 5.92. The molecule has 0 aliphatic heterocycles. The number of fused-ring (bicyclic) bond motifs is 1. The SMILES string of the molecule is COc1ccc2c(c1)CCCC(c1ccc(OC)c(F)c1)=C2CCCCCO. The number of halogens is 1. The van der Waals surface area contributed by atoms with Crippen molar-refractivity contribution in [2.45, 2.75) is 44.9 Å². The standard InChI is InChI=1S/C24H29FO3/c1-27-19-11-12-21-17(15-19)7-6-9-20(22(21)8-4-3-5-14-26)18-10-13-24(28-2)23(25)16-18/h10-13,15-16,26H,3-9,14H2,1-2H3. The van der Waals surface area contributed by atoms with Gasteiger partial charge in [-0.3, -0.25) is 0 Å². The number of aliphatic hydroxyl groups is 1. The Kier molecular flexibility index (Phi) is 7.10. The van der Waals surface area contributed by atoms with Crippen LogP contribution in [-0.4, -0.2) is 25.9 Å². The van der Waals surface area contributed by atoms with Crippen LogP contribution in [0.4, 0.5) is 4.39 Å². The molecule has 0 aromatic heterocycles. The molecule has 0 amide bonds. The summed E-state index contributed by atoms with van der Waals surface area (Å²) in [4.78, 5) is 0. The summed E-state index contributed by atoms with van der Waals surface area (Å²) in [5.41, 5.74) is 5.97. The van der Waals surface area contributed by atoms with Gasteiger partial charge in [0.1, 0.15) is 5.75 Å². The van der Waals surface area contributed by atoms with Gasteiger partial charge in [0.2, 0.25) is 0 Å². The summed E-state index contributed by atoms with van der Waals surface area (Å²) in [5.74, 6) is 0.816. The molecule has 2 aromatic carbocycles. The maximum atomic E-state index is 14.4. The van der Waals surface area contributed by atoms with Crippen LogP contribution in [0.3, 0.4) is 0 Å². The van der Waals surface area contributed by atoms with E-state index in [-0.39, 0.29) is 18.2 Å². The van der Waals surface area contributed by atoms with Crippen LogP contribution in [0.15, 0.2) is 36.4 Å². The Bertz CT molecular complexity index is 842. The lowest BCUT2D eigenvalue weighted by Gasteiger charge is -2.17. The number of hydrogen-bond acceptors (Lipinski definition) is 3. The van der Waals surface area contributed by atoms with Crippen LogP contribution in [0.25, 0.3) is 11.1 Å². The maximum Gasteiger partial charge on any atom is 0.165 e. The zero-order chi connectivity index (χ0) is 19.9. The number of unbranched alkanes of at least 4 members (excludes halogenated alkanes) is 2. The van der Waals surface area contributed by atoms with Gasteiger partial charge in [0.15, 0.2) is 11.6 Å². The van der Waals surface area contributed by atoms with E-state index < -0.39 is 0 Å². The zero-order valence-electron chi connectivity index (χ0n) is 16.8. The lowest BCUT2D eigenvalue weighted by molar-refractivity contribution is 0.283. The highest BCUT2D eigenvalue weighted by Crippen LogP contribution is 2.40.